The van der Waals surface area contributed by atoms with Crippen LogP contribution in [0.5, 0.6) is 0 Å². The monoisotopic (exact) mass is 517 g/mol. The Hall–Kier alpha value is -2.14. The third kappa shape index (κ3) is 5.82. The largest absolute Gasteiger partial charge is 0.490 e. The summed E-state index contributed by atoms with van der Waals surface area (Å²) in [6, 6.07) is 2.04. The first-order valence-electron chi connectivity index (χ1n) is 11.9. The van der Waals surface area contributed by atoms with Crippen LogP contribution >= 0.6 is 11.3 Å². The van der Waals surface area contributed by atoms with E-state index in [0.717, 1.165) is 64.1 Å². The maximum Gasteiger partial charge on any atom is 0.490 e. The van der Waals surface area contributed by atoms with E-state index in [1.54, 1.807) is 11.3 Å². The Labute approximate surface area is 207 Å². The topological polar surface area (TPSA) is 81.2 Å². The van der Waals surface area contributed by atoms with E-state index in [1.165, 1.54) is 0 Å². The van der Waals surface area contributed by atoms with Crippen molar-refractivity contribution in [2.75, 3.05) is 46.3 Å². The average Bonchev–Trinajstić information content (AvgIpc) is 3.45. The van der Waals surface area contributed by atoms with Crippen LogP contribution in [0.2, 0.25) is 0 Å². The molecule has 2 amide bonds. The second-order valence-electron chi connectivity index (χ2n) is 10.4. The molecule has 0 aromatic carbocycles. The van der Waals surface area contributed by atoms with E-state index in [9.17, 15) is 22.8 Å². The molecule has 11 heteroatoms. The van der Waals surface area contributed by atoms with Crippen LogP contribution in [-0.2, 0) is 20.8 Å². The Morgan fingerprint density at radius 2 is 1.77 bits per heavy atom. The SMILES string of the molecule is CC(C)CN1CC2(CCN(C(=O)Cc3ccsc3)CC2)C2(CCN(C)C2=O)C1.O=C(O)C(F)(F)F. The molecule has 35 heavy (non-hydrogen) atoms. The quantitative estimate of drug-likeness (QED) is 0.663. The number of carbonyl (C=O) groups excluding carboxylic acids is 2. The maximum atomic E-state index is 13.3. The van der Waals surface area contributed by atoms with Gasteiger partial charge in [-0.1, -0.05) is 13.8 Å². The number of hydrogen-bond donors (Lipinski definition) is 1. The van der Waals surface area contributed by atoms with Crippen molar-refractivity contribution in [2.45, 2.75) is 45.7 Å². The Bertz CT molecular complexity index is 914. The summed E-state index contributed by atoms with van der Waals surface area (Å²) in [5.74, 6) is -1.58. The molecule has 1 aromatic heterocycles. The lowest BCUT2D eigenvalue weighted by atomic mass is 9.60. The molecule has 1 unspecified atom stereocenters. The Balaban J connectivity index is 0.000000429. The number of carboxylic acid groups (broad SMARTS) is 1. The van der Waals surface area contributed by atoms with Crippen LogP contribution in [0.15, 0.2) is 16.8 Å². The van der Waals surface area contributed by atoms with Gasteiger partial charge in [-0.2, -0.15) is 24.5 Å². The lowest BCUT2D eigenvalue weighted by molar-refractivity contribution is -0.192. The van der Waals surface area contributed by atoms with Crippen LogP contribution in [0, 0.1) is 16.7 Å². The van der Waals surface area contributed by atoms with Gasteiger partial charge in [0.1, 0.15) is 0 Å². The molecule has 0 bridgehead atoms. The average molecular weight is 518 g/mol. The van der Waals surface area contributed by atoms with Gasteiger partial charge in [0.05, 0.1) is 11.8 Å². The van der Waals surface area contributed by atoms with E-state index in [0.29, 0.717) is 18.2 Å². The summed E-state index contributed by atoms with van der Waals surface area (Å²) in [4.78, 5) is 41.4. The van der Waals surface area contributed by atoms with Crippen LogP contribution in [0.1, 0.15) is 38.7 Å². The highest BCUT2D eigenvalue weighted by molar-refractivity contribution is 7.08. The second kappa shape index (κ2) is 10.5. The predicted molar refractivity (Wildman–Crippen MR) is 126 cm³/mol. The van der Waals surface area contributed by atoms with Crippen LogP contribution in [0.3, 0.4) is 0 Å². The molecule has 196 valence electrons. The summed E-state index contributed by atoms with van der Waals surface area (Å²) in [6.07, 6.45) is -1.70. The molecular formula is C24H34F3N3O4S. The Morgan fingerprint density at radius 1 is 1.14 bits per heavy atom. The smallest absolute Gasteiger partial charge is 0.475 e. The molecule has 4 heterocycles. The number of likely N-dealkylation sites (tertiary alicyclic amines) is 3. The normalized spacial score (nSPS) is 24.4. The molecule has 2 spiro atoms. The summed E-state index contributed by atoms with van der Waals surface area (Å²) in [5.41, 5.74) is 0.908. The maximum absolute atomic E-state index is 13.3. The number of thiophene rings is 1. The fourth-order valence-electron chi connectivity index (χ4n) is 5.90. The number of rotatable bonds is 4. The lowest BCUT2D eigenvalue weighted by Crippen LogP contribution is -2.53. The van der Waals surface area contributed by atoms with Crippen LogP contribution in [0.4, 0.5) is 13.2 Å². The van der Waals surface area contributed by atoms with Gasteiger partial charge in [-0.05, 0) is 47.6 Å². The van der Waals surface area contributed by atoms with E-state index in [1.807, 2.05) is 28.3 Å². The minimum atomic E-state index is -5.08. The molecule has 3 aliphatic heterocycles. The number of aliphatic carboxylic acids is 1. The predicted octanol–water partition coefficient (Wildman–Crippen LogP) is 3.35. The summed E-state index contributed by atoms with van der Waals surface area (Å²) in [7, 11) is 1.95. The summed E-state index contributed by atoms with van der Waals surface area (Å²) >= 11 is 1.64. The Morgan fingerprint density at radius 3 is 2.23 bits per heavy atom. The summed E-state index contributed by atoms with van der Waals surface area (Å²) in [5, 5.41) is 11.2. The van der Waals surface area contributed by atoms with Crippen LogP contribution in [0.25, 0.3) is 0 Å². The van der Waals surface area contributed by atoms with Gasteiger partial charge in [0.15, 0.2) is 0 Å². The van der Waals surface area contributed by atoms with E-state index >= 15 is 0 Å². The van der Waals surface area contributed by atoms with Gasteiger partial charge in [-0.25, -0.2) is 4.79 Å². The Kier molecular flexibility index (Phi) is 8.20. The number of hydrogen-bond acceptors (Lipinski definition) is 5. The van der Waals surface area contributed by atoms with E-state index in [4.69, 9.17) is 9.90 Å². The van der Waals surface area contributed by atoms with Crippen molar-refractivity contribution in [2.24, 2.45) is 16.7 Å². The molecule has 0 saturated carbocycles. The molecule has 7 nitrogen and oxygen atoms in total. The third-order valence-corrected chi connectivity index (χ3v) is 8.27. The highest BCUT2D eigenvalue weighted by Gasteiger charge is 2.64. The van der Waals surface area contributed by atoms with Gasteiger partial charge < -0.3 is 19.8 Å². The molecule has 3 saturated heterocycles. The molecule has 0 aliphatic carbocycles. The molecule has 1 atom stereocenters. The van der Waals surface area contributed by atoms with Gasteiger partial charge in [-0.3, -0.25) is 9.59 Å². The molecule has 1 aromatic rings. The minimum Gasteiger partial charge on any atom is -0.475 e. The molecule has 3 aliphatic rings. The lowest BCUT2D eigenvalue weighted by Gasteiger charge is -2.47. The van der Waals surface area contributed by atoms with Crippen molar-refractivity contribution in [1.82, 2.24) is 14.7 Å². The van der Waals surface area contributed by atoms with Crippen molar-refractivity contribution in [1.29, 1.82) is 0 Å². The zero-order valence-corrected chi connectivity index (χ0v) is 21.3. The van der Waals surface area contributed by atoms with Crippen LogP contribution in [-0.4, -0.2) is 90.1 Å². The zero-order valence-electron chi connectivity index (χ0n) is 20.4. The number of carbonyl (C=O) groups is 3. The first-order valence-corrected chi connectivity index (χ1v) is 12.8. The fourth-order valence-corrected chi connectivity index (χ4v) is 6.57. The number of halogens is 3. The van der Waals surface area contributed by atoms with Crippen molar-refractivity contribution < 1.29 is 32.7 Å². The number of nitrogens with zero attached hydrogens (tertiary/aromatic N) is 3. The van der Waals surface area contributed by atoms with E-state index in [2.05, 4.69) is 24.1 Å². The fraction of sp³-hybridized carbons (Fsp3) is 0.708. The van der Waals surface area contributed by atoms with Crippen molar-refractivity contribution in [3.63, 3.8) is 0 Å². The standard InChI is InChI=1S/C22H33N3O2S.C2HF3O2/c1-17(2)13-24-15-21(22(16-24)7-8-23(3)20(22)27)5-9-25(10-6-21)19(26)12-18-4-11-28-14-18;3-2(4,5)1(6)7/h4,11,14,17H,5-10,12-13,15-16H2,1-3H3;(H,6,7). The van der Waals surface area contributed by atoms with Gasteiger partial charge in [0.25, 0.3) is 0 Å². The van der Waals surface area contributed by atoms with E-state index < -0.39 is 12.1 Å². The molecule has 3 fully saturated rings. The second-order valence-corrected chi connectivity index (χ2v) is 11.2. The summed E-state index contributed by atoms with van der Waals surface area (Å²) < 4.78 is 31.7. The van der Waals surface area contributed by atoms with Gasteiger partial charge in [-0.15, -0.1) is 0 Å². The third-order valence-electron chi connectivity index (χ3n) is 7.54. The molecular weight excluding hydrogens is 483 g/mol. The van der Waals surface area contributed by atoms with Crippen molar-refractivity contribution in [3.8, 4) is 0 Å². The van der Waals surface area contributed by atoms with Crippen LogP contribution < -0.4 is 0 Å². The molecule has 0 radical (unpaired) electrons. The summed E-state index contributed by atoms with van der Waals surface area (Å²) in [6.45, 7) is 9.93. The van der Waals surface area contributed by atoms with E-state index in [-0.39, 0.29) is 16.7 Å². The highest BCUT2D eigenvalue weighted by atomic mass is 32.1. The van der Waals surface area contributed by atoms with Crippen molar-refractivity contribution >= 4 is 29.1 Å². The highest BCUT2D eigenvalue weighted by Crippen LogP contribution is 2.57. The van der Waals surface area contributed by atoms with Crippen molar-refractivity contribution in [3.05, 3.63) is 22.4 Å². The van der Waals surface area contributed by atoms with Gasteiger partial charge >= 0.3 is 12.1 Å². The zero-order chi connectivity index (χ0) is 26.0. The molecule has 4 rings (SSSR count). The number of carboxylic acids is 1. The number of alkyl halides is 3. The first kappa shape index (κ1) is 27.4. The first-order chi connectivity index (χ1) is 16.3. The van der Waals surface area contributed by atoms with Gasteiger partial charge in [0, 0.05) is 51.7 Å². The van der Waals surface area contributed by atoms with Gasteiger partial charge in [0.2, 0.25) is 11.8 Å². The number of fused-ring (bicyclic) bond motifs is 1. The molecule has 1 N–H and O–H groups in total. The number of amides is 2. The minimum absolute atomic E-state index is 0.0306. The number of piperidine rings is 1.